The standard InChI is InChI=1S/C18H12N4O7/c19-10-12(7-11-3-1-2-4-14(11)21(24)25)18(23)20-13-8-16-17(29-6-5-28-16)9-15(13)22(26)27/h1-4,7-9H,5-6H2,(H,20,23)/b12-7+. The average molecular weight is 396 g/mol. The second-order valence-corrected chi connectivity index (χ2v) is 5.71. The van der Waals surface area contributed by atoms with Crippen LogP contribution in [0.2, 0.25) is 0 Å². The lowest BCUT2D eigenvalue weighted by molar-refractivity contribution is -0.385. The number of ether oxygens (including phenoxy) is 2. The number of carbonyl (C=O) groups excluding carboxylic acids is 1. The van der Waals surface area contributed by atoms with Gasteiger partial charge in [0.2, 0.25) is 0 Å². The van der Waals surface area contributed by atoms with E-state index in [2.05, 4.69) is 5.32 Å². The van der Waals surface area contributed by atoms with E-state index in [1.54, 1.807) is 6.07 Å². The Morgan fingerprint density at radius 1 is 1.07 bits per heavy atom. The van der Waals surface area contributed by atoms with E-state index in [-0.39, 0.29) is 41.7 Å². The summed E-state index contributed by atoms with van der Waals surface area (Å²) >= 11 is 0. The van der Waals surface area contributed by atoms with Gasteiger partial charge in [0.1, 0.15) is 30.5 Å². The zero-order valence-electron chi connectivity index (χ0n) is 14.7. The van der Waals surface area contributed by atoms with Crippen molar-refractivity contribution in [1.29, 1.82) is 5.26 Å². The SMILES string of the molecule is N#C/C(=C\c1ccccc1[N+](=O)[O-])C(=O)Nc1cc2c(cc1[N+](=O)[O-])OCCO2. The van der Waals surface area contributed by atoms with Crippen molar-refractivity contribution in [1.82, 2.24) is 0 Å². The number of hydrogen-bond donors (Lipinski definition) is 1. The zero-order valence-corrected chi connectivity index (χ0v) is 14.7. The molecule has 1 heterocycles. The van der Waals surface area contributed by atoms with E-state index in [0.29, 0.717) is 0 Å². The zero-order chi connectivity index (χ0) is 21.0. The van der Waals surface area contributed by atoms with E-state index in [0.717, 1.165) is 12.1 Å². The van der Waals surface area contributed by atoms with Crippen LogP contribution in [0.4, 0.5) is 17.1 Å². The van der Waals surface area contributed by atoms with Crippen molar-refractivity contribution in [2.45, 2.75) is 0 Å². The van der Waals surface area contributed by atoms with Gasteiger partial charge in [0.25, 0.3) is 17.3 Å². The number of fused-ring (bicyclic) bond motifs is 1. The molecule has 0 bridgehead atoms. The third-order valence-corrected chi connectivity index (χ3v) is 3.90. The minimum atomic E-state index is -0.967. The van der Waals surface area contributed by atoms with Crippen molar-refractivity contribution in [3.8, 4) is 17.6 Å². The van der Waals surface area contributed by atoms with Gasteiger partial charge in [-0.05, 0) is 12.1 Å². The number of nitro benzene ring substituents is 2. The van der Waals surface area contributed by atoms with Gasteiger partial charge in [-0.25, -0.2) is 0 Å². The molecule has 0 unspecified atom stereocenters. The van der Waals surface area contributed by atoms with Gasteiger partial charge >= 0.3 is 0 Å². The topological polar surface area (TPSA) is 158 Å². The van der Waals surface area contributed by atoms with Crippen molar-refractivity contribution in [2.75, 3.05) is 18.5 Å². The van der Waals surface area contributed by atoms with Crippen LogP contribution in [0.15, 0.2) is 42.0 Å². The van der Waals surface area contributed by atoms with E-state index in [1.165, 1.54) is 30.3 Å². The Morgan fingerprint density at radius 2 is 1.69 bits per heavy atom. The normalized spacial score (nSPS) is 12.6. The molecule has 29 heavy (non-hydrogen) atoms. The van der Waals surface area contributed by atoms with Crippen LogP contribution in [0.25, 0.3) is 6.08 Å². The highest BCUT2D eigenvalue weighted by Gasteiger charge is 2.24. The maximum atomic E-state index is 12.5. The molecule has 0 aromatic heterocycles. The van der Waals surface area contributed by atoms with Crippen molar-refractivity contribution < 1.29 is 24.1 Å². The van der Waals surface area contributed by atoms with Gasteiger partial charge in [-0.3, -0.25) is 25.0 Å². The third kappa shape index (κ3) is 4.11. The number of hydrogen-bond acceptors (Lipinski definition) is 8. The molecule has 146 valence electrons. The van der Waals surface area contributed by atoms with E-state index < -0.39 is 27.0 Å². The van der Waals surface area contributed by atoms with Gasteiger partial charge in [0.05, 0.1) is 21.5 Å². The highest BCUT2D eigenvalue weighted by Crippen LogP contribution is 2.39. The van der Waals surface area contributed by atoms with Gasteiger partial charge in [-0.15, -0.1) is 0 Å². The number of para-hydroxylation sites is 1. The van der Waals surface area contributed by atoms with Gasteiger partial charge in [0, 0.05) is 12.1 Å². The van der Waals surface area contributed by atoms with Gasteiger partial charge in [0.15, 0.2) is 11.5 Å². The van der Waals surface area contributed by atoms with Crippen molar-refractivity contribution in [2.24, 2.45) is 0 Å². The lowest BCUT2D eigenvalue weighted by Gasteiger charge is -2.19. The summed E-state index contributed by atoms with van der Waals surface area (Å²) in [4.78, 5) is 33.6. The summed E-state index contributed by atoms with van der Waals surface area (Å²) in [6.45, 7) is 0.465. The van der Waals surface area contributed by atoms with Crippen LogP contribution in [0.1, 0.15) is 5.56 Å². The fourth-order valence-corrected chi connectivity index (χ4v) is 2.60. The van der Waals surface area contributed by atoms with Crippen molar-refractivity contribution in [3.63, 3.8) is 0 Å². The van der Waals surface area contributed by atoms with Crippen LogP contribution < -0.4 is 14.8 Å². The first-order valence-electron chi connectivity index (χ1n) is 8.15. The highest BCUT2D eigenvalue weighted by atomic mass is 16.6. The van der Waals surface area contributed by atoms with Crippen LogP contribution in [0, 0.1) is 31.6 Å². The first-order valence-corrected chi connectivity index (χ1v) is 8.15. The minimum absolute atomic E-state index is 0.0425. The summed E-state index contributed by atoms with van der Waals surface area (Å²) in [6.07, 6.45) is 1.04. The summed E-state index contributed by atoms with van der Waals surface area (Å²) in [7, 11) is 0. The molecule has 1 amide bonds. The Morgan fingerprint density at radius 3 is 2.31 bits per heavy atom. The number of anilines is 1. The molecule has 2 aromatic carbocycles. The average Bonchev–Trinajstić information content (AvgIpc) is 2.71. The summed E-state index contributed by atoms with van der Waals surface area (Å²) in [5.41, 5.74) is -1.37. The largest absolute Gasteiger partial charge is 0.486 e. The molecule has 0 fully saturated rings. The van der Waals surface area contributed by atoms with E-state index in [9.17, 15) is 30.3 Å². The molecule has 0 spiro atoms. The second kappa shape index (κ2) is 8.05. The van der Waals surface area contributed by atoms with E-state index >= 15 is 0 Å². The van der Waals surface area contributed by atoms with Crippen LogP contribution in [0.3, 0.4) is 0 Å². The fraction of sp³-hybridized carbons (Fsp3) is 0.111. The van der Waals surface area contributed by atoms with Gasteiger partial charge in [-0.2, -0.15) is 5.26 Å². The molecule has 11 nitrogen and oxygen atoms in total. The molecule has 3 rings (SSSR count). The number of nitro groups is 2. The van der Waals surface area contributed by atoms with Crippen LogP contribution in [-0.2, 0) is 4.79 Å². The second-order valence-electron chi connectivity index (χ2n) is 5.71. The number of benzene rings is 2. The monoisotopic (exact) mass is 396 g/mol. The lowest BCUT2D eigenvalue weighted by atomic mass is 10.1. The molecule has 0 radical (unpaired) electrons. The Kier molecular flexibility index (Phi) is 5.36. The number of nitrogens with one attached hydrogen (secondary N) is 1. The minimum Gasteiger partial charge on any atom is -0.486 e. The number of carbonyl (C=O) groups is 1. The number of amides is 1. The number of nitrogens with zero attached hydrogens (tertiary/aromatic N) is 3. The fourth-order valence-electron chi connectivity index (χ4n) is 2.60. The van der Waals surface area contributed by atoms with E-state index in [1.807, 2.05) is 0 Å². The molecule has 0 aliphatic carbocycles. The summed E-state index contributed by atoms with van der Waals surface area (Å²) in [5.74, 6) is -0.597. The van der Waals surface area contributed by atoms with Gasteiger partial charge < -0.3 is 14.8 Å². The molecule has 0 atom stereocenters. The molecule has 2 aromatic rings. The molecule has 1 N–H and O–H groups in total. The number of rotatable bonds is 5. The molecule has 1 aliphatic heterocycles. The summed E-state index contributed by atoms with van der Waals surface area (Å²) < 4.78 is 10.6. The maximum Gasteiger partial charge on any atom is 0.296 e. The molecular weight excluding hydrogens is 384 g/mol. The summed E-state index contributed by atoms with van der Waals surface area (Å²) in [6, 6.07) is 9.54. The predicted molar refractivity (Wildman–Crippen MR) is 99.4 cm³/mol. The molecule has 11 heteroatoms. The molecular formula is C18H12N4O7. The smallest absolute Gasteiger partial charge is 0.296 e. The van der Waals surface area contributed by atoms with Crippen LogP contribution in [-0.4, -0.2) is 29.0 Å². The third-order valence-electron chi connectivity index (χ3n) is 3.90. The quantitative estimate of drug-likeness (QED) is 0.350. The Hall–Kier alpha value is -4.46. The molecule has 0 saturated carbocycles. The van der Waals surface area contributed by atoms with Gasteiger partial charge in [-0.1, -0.05) is 12.1 Å². The predicted octanol–water partition coefficient (Wildman–Crippen LogP) is 2.82. The molecule has 0 saturated heterocycles. The Balaban J connectivity index is 1.96. The highest BCUT2D eigenvalue weighted by molar-refractivity contribution is 6.10. The van der Waals surface area contributed by atoms with Crippen LogP contribution >= 0.6 is 0 Å². The summed E-state index contributed by atoms with van der Waals surface area (Å²) in [5, 5.41) is 34.0. The first kappa shape index (κ1) is 19.3. The maximum absolute atomic E-state index is 12.5. The van der Waals surface area contributed by atoms with E-state index in [4.69, 9.17) is 9.47 Å². The van der Waals surface area contributed by atoms with Crippen LogP contribution in [0.5, 0.6) is 11.5 Å². The Labute approximate surface area is 163 Å². The van der Waals surface area contributed by atoms with Crippen molar-refractivity contribution >= 4 is 29.0 Å². The Bertz CT molecular complexity index is 1090. The lowest BCUT2D eigenvalue weighted by Crippen LogP contribution is -2.18. The number of nitriles is 1. The van der Waals surface area contributed by atoms with Crippen molar-refractivity contribution in [3.05, 3.63) is 67.8 Å². The first-order chi connectivity index (χ1) is 13.9. The molecule has 1 aliphatic rings.